The lowest BCUT2D eigenvalue weighted by atomic mass is 9.84. The molecule has 1 fully saturated rings. The zero-order chi connectivity index (χ0) is 15.7. The summed E-state index contributed by atoms with van der Waals surface area (Å²) in [7, 11) is 0. The van der Waals surface area contributed by atoms with Gasteiger partial charge in [-0.2, -0.15) is 0 Å². The molecule has 1 heterocycles. The number of fused-ring (bicyclic) bond motifs is 1. The summed E-state index contributed by atoms with van der Waals surface area (Å²) in [5.74, 6) is 0.877. The molecule has 1 aliphatic carbocycles. The predicted molar refractivity (Wildman–Crippen MR) is 84.4 cm³/mol. The third kappa shape index (κ3) is 3.44. The average molecular weight is 307 g/mol. The lowest BCUT2D eigenvalue weighted by Gasteiger charge is -2.40. The van der Waals surface area contributed by atoms with E-state index >= 15 is 0 Å². The van der Waals surface area contributed by atoms with E-state index in [1.54, 1.807) is 0 Å². The van der Waals surface area contributed by atoms with Crippen molar-refractivity contribution in [3.8, 4) is 5.75 Å². The van der Waals surface area contributed by atoms with Crippen LogP contribution in [0.25, 0.3) is 0 Å². The second-order valence-electron chi connectivity index (χ2n) is 7.37. The number of ether oxygens (including phenoxy) is 1. The number of rotatable bonds is 3. The molecule has 1 aliphatic heterocycles. The summed E-state index contributed by atoms with van der Waals surface area (Å²) in [5, 5.41) is 13.0. The van der Waals surface area contributed by atoms with Crippen LogP contribution in [0.3, 0.4) is 0 Å². The Hall–Kier alpha value is -1.13. The van der Waals surface area contributed by atoms with Crippen molar-refractivity contribution in [2.45, 2.75) is 63.6 Å². The first-order chi connectivity index (χ1) is 10.5. The Morgan fingerprint density at radius 3 is 2.68 bits per heavy atom. The van der Waals surface area contributed by atoms with Crippen molar-refractivity contribution in [3.05, 3.63) is 29.6 Å². The van der Waals surface area contributed by atoms with Gasteiger partial charge in [0, 0.05) is 36.7 Å². The van der Waals surface area contributed by atoms with Crippen molar-refractivity contribution in [3.63, 3.8) is 0 Å². The summed E-state index contributed by atoms with van der Waals surface area (Å²) in [6.07, 6.45) is 5.23. The molecule has 2 aliphatic rings. The number of benzene rings is 1. The number of nitrogens with one attached hydrogen (secondary N) is 1. The third-order valence-electron chi connectivity index (χ3n) is 4.97. The second-order valence-corrected chi connectivity index (χ2v) is 7.37. The minimum absolute atomic E-state index is 0.204. The van der Waals surface area contributed by atoms with Gasteiger partial charge in [-0.3, -0.25) is 0 Å². The summed E-state index contributed by atoms with van der Waals surface area (Å²) < 4.78 is 19.4. The third-order valence-corrected chi connectivity index (χ3v) is 4.97. The fourth-order valence-electron chi connectivity index (χ4n) is 3.77. The number of aliphatic hydroxyl groups is 1. The molecule has 1 unspecified atom stereocenters. The SMILES string of the molecule is CC1(C)CC(NC2CCC(CO)CC2)c2ccc(F)cc2O1. The van der Waals surface area contributed by atoms with Gasteiger partial charge in [-0.15, -0.1) is 0 Å². The highest BCUT2D eigenvalue weighted by Gasteiger charge is 2.35. The van der Waals surface area contributed by atoms with Crippen molar-refractivity contribution in [2.24, 2.45) is 5.92 Å². The molecule has 3 rings (SSSR count). The molecule has 22 heavy (non-hydrogen) atoms. The van der Waals surface area contributed by atoms with Gasteiger partial charge in [0.05, 0.1) is 0 Å². The Morgan fingerprint density at radius 2 is 2.00 bits per heavy atom. The van der Waals surface area contributed by atoms with Crippen LogP contribution < -0.4 is 10.1 Å². The average Bonchev–Trinajstić information content (AvgIpc) is 2.46. The predicted octanol–water partition coefficient (Wildman–Crippen LogP) is 3.57. The minimum atomic E-state index is -0.291. The first-order valence-corrected chi connectivity index (χ1v) is 8.32. The van der Waals surface area contributed by atoms with Crippen LogP contribution >= 0.6 is 0 Å². The van der Waals surface area contributed by atoms with Gasteiger partial charge < -0.3 is 15.2 Å². The molecule has 2 N–H and O–H groups in total. The standard InChI is InChI=1S/C18H26FNO2/c1-18(2)10-16(15-8-5-13(19)9-17(15)22-18)20-14-6-3-12(11-21)4-7-14/h5,8-9,12,14,16,20-21H,3-4,6-7,10-11H2,1-2H3. The van der Waals surface area contributed by atoms with Crippen molar-refractivity contribution in [1.82, 2.24) is 5.32 Å². The van der Waals surface area contributed by atoms with Gasteiger partial charge >= 0.3 is 0 Å². The molecule has 0 radical (unpaired) electrons. The topological polar surface area (TPSA) is 41.5 Å². The zero-order valence-electron chi connectivity index (χ0n) is 13.4. The molecule has 0 aromatic heterocycles. The van der Waals surface area contributed by atoms with Crippen LogP contribution in [0.15, 0.2) is 18.2 Å². The second kappa shape index (κ2) is 6.17. The van der Waals surface area contributed by atoms with E-state index in [1.807, 2.05) is 6.07 Å². The van der Waals surface area contributed by atoms with E-state index in [0.717, 1.165) is 37.7 Å². The molecule has 0 saturated heterocycles. The van der Waals surface area contributed by atoms with Gasteiger partial charge in [0.25, 0.3) is 0 Å². The molecular formula is C18H26FNO2. The largest absolute Gasteiger partial charge is 0.487 e. The Bertz CT molecular complexity index is 524. The number of hydrogen-bond donors (Lipinski definition) is 2. The van der Waals surface area contributed by atoms with E-state index in [9.17, 15) is 9.50 Å². The highest BCUT2D eigenvalue weighted by molar-refractivity contribution is 5.39. The Balaban J connectivity index is 1.74. The monoisotopic (exact) mass is 307 g/mol. The Kier molecular flexibility index (Phi) is 4.42. The molecule has 1 atom stereocenters. The van der Waals surface area contributed by atoms with Gasteiger partial charge in [-0.05, 0) is 51.5 Å². The van der Waals surface area contributed by atoms with Crippen molar-refractivity contribution in [2.75, 3.05) is 6.61 Å². The number of aliphatic hydroxyl groups excluding tert-OH is 1. The van der Waals surface area contributed by atoms with Crippen LogP contribution in [0.2, 0.25) is 0 Å². The Morgan fingerprint density at radius 1 is 1.27 bits per heavy atom. The number of halogens is 1. The summed E-state index contributed by atoms with van der Waals surface area (Å²) >= 11 is 0. The van der Waals surface area contributed by atoms with E-state index in [0.29, 0.717) is 24.3 Å². The molecule has 1 saturated carbocycles. The summed E-state index contributed by atoms with van der Waals surface area (Å²) in [5.41, 5.74) is 0.769. The van der Waals surface area contributed by atoms with E-state index in [-0.39, 0.29) is 17.5 Å². The minimum Gasteiger partial charge on any atom is -0.487 e. The van der Waals surface area contributed by atoms with Crippen LogP contribution in [0, 0.1) is 11.7 Å². The molecular weight excluding hydrogens is 281 g/mol. The van der Waals surface area contributed by atoms with Crippen molar-refractivity contribution < 1.29 is 14.2 Å². The Labute approximate surface area is 131 Å². The van der Waals surface area contributed by atoms with Gasteiger partial charge in [0.1, 0.15) is 17.2 Å². The lowest BCUT2D eigenvalue weighted by molar-refractivity contribution is 0.0605. The van der Waals surface area contributed by atoms with E-state index in [2.05, 4.69) is 19.2 Å². The van der Waals surface area contributed by atoms with Crippen LogP contribution in [0.5, 0.6) is 5.75 Å². The molecule has 0 amide bonds. The van der Waals surface area contributed by atoms with E-state index < -0.39 is 0 Å². The smallest absolute Gasteiger partial charge is 0.127 e. The fourth-order valence-corrected chi connectivity index (χ4v) is 3.77. The first kappa shape index (κ1) is 15.8. The molecule has 1 aromatic rings. The molecule has 0 spiro atoms. The van der Waals surface area contributed by atoms with Gasteiger partial charge in [0.15, 0.2) is 0 Å². The van der Waals surface area contributed by atoms with Crippen LogP contribution in [-0.4, -0.2) is 23.4 Å². The fraction of sp³-hybridized carbons (Fsp3) is 0.667. The molecule has 0 bridgehead atoms. The van der Waals surface area contributed by atoms with Crippen LogP contribution in [0.4, 0.5) is 4.39 Å². The normalized spacial score (nSPS) is 30.5. The molecule has 4 heteroatoms. The van der Waals surface area contributed by atoms with E-state index in [4.69, 9.17) is 4.74 Å². The molecule has 3 nitrogen and oxygen atoms in total. The summed E-state index contributed by atoms with van der Waals surface area (Å²) in [6, 6.07) is 5.53. The van der Waals surface area contributed by atoms with Gasteiger partial charge in [0.2, 0.25) is 0 Å². The molecule has 1 aromatic carbocycles. The number of hydrogen-bond acceptors (Lipinski definition) is 3. The zero-order valence-corrected chi connectivity index (χ0v) is 13.4. The maximum atomic E-state index is 13.5. The van der Waals surface area contributed by atoms with E-state index in [1.165, 1.54) is 12.1 Å². The maximum absolute atomic E-state index is 13.5. The first-order valence-electron chi connectivity index (χ1n) is 8.32. The highest BCUT2D eigenvalue weighted by Crippen LogP contribution is 2.40. The summed E-state index contributed by atoms with van der Waals surface area (Å²) in [4.78, 5) is 0. The molecule has 122 valence electrons. The summed E-state index contributed by atoms with van der Waals surface area (Å²) in [6.45, 7) is 4.41. The van der Waals surface area contributed by atoms with Crippen LogP contribution in [-0.2, 0) is 0 Å². The van der Waals surface area contributed by atoms with Gasteiger partial charge in [-0.1, -0.05) is 6.07 Å². The lowest BCUT2D eigenvalue weighted by Crippen LogP contribution is -2.43. The van der Waals surface area contributed by atoms with Crippen molar-refractivity contribution in [1.29, 1.82) is 0 Å². The van der Waals surface area contributed by atoms with Crippen molar-refractivity contribution >= 4 is 0 Å². The quantitative estimate of drug-likeness (QED) is 0.897. The van der Waals surface area contributed by atoms with Crippen LogP contribution in [0.1, 0.15) is 57.6 Å². The van der Waals surface area contributed by atoms with Gasteiger partial charge in [-0.25, -0.2) is 4.39 Å². The highest BCUT2D eigenvalue weighted by atomic mass is 19.1. The maximum Gasteiger partial charge on any atom is 0.127 e.